The number of esters is 1. The van der Waals surface area contributed by atoms with Gasteiger partial charge in [-0.3, -0.25) is 4.79 Å². The van der Waals surface area contributed by atoms with Gasteiger partial charge in [0.2, 0.25) is 0 Å². The molecule has 1 rings (SSSR count). The van der Waals surface area contributed by atoms with Crippen LogP contribution < -0.4 is 10.6 Å². The van der Waals surface area contributed by atoms with Crippen LogP contribution in [0.3, 0.4) is 0 Å². The average molecular weight is 244 g/mol. The number of carboxylic acid groups (broad SMARTS) is 1. The van der Waals surface area contributed by atoms with E-state index in [9.17, 15) is 14.4 Å². The van der Waals surface area contributed by atoms with Crippen molar-refractivity contribution >= 4 is 18.0 Å². The molecule has 0 bridgehead atoms. The first kappa shape index (κ1) is 13.3. The Kier molecular flexibility index (Phi) is 4.30. The molecule has 7 nitrogen and oxygen atoms in total. The van der Waals surface area contributed by atoms with Crippen LogP contribution in [0.15, 0.2) is 0 Å². The smallest absolute Gasteiger partial charge is 0.326 e. The van der Waals surface area contributed by atoms with Gasteiger partial charge in [-0.15, -0.1) is 0 Å². The molecule has 1 saturated carbocycles. The number of aliphatic carboxylic acids is 1. The molecule has 0 heterocycles. The lowest BCUT2D eigenvalue weighted by Gasteiger charge is -2.13. The monoisotopic (exact) mass is 244 g/mol. The highest BCUT2D eigenvalue weighted by Crippen LogP contribution is 2.28. The molecular formula is C10H16N2O5. The van der Waals surface area contributed by atoms with E-state index in [1.807, 2.05) is 6.92 Å². The quantitative estimate of drug-likeness (QED) is 0.576. The normalized spacial score (nSPS) is 23.4. The van der Waals surface area contributed by atoms with Gasteiger partial charge in [0.05, 0.1) is 13.5 Å². The molecule has 1 aliphatic carbocycles. The fourth-order valence-corrected chi connectivity index (χ4v) is 1.34. The first-order chi connectivity index (χ1) is 7.93. The van der Waals surface area contributed by atoms with Crippen LogP contribution >= 0.6 is 0 Å². The Bertz CT molecular complexity index is 331. The average Bonchev–Trinajstić information content (AvgIpc) is 2.92. The van der Waals surface area contributed by atoms with Crippen LogP contribution in [0, 0.1) is 5.92 Å². The van der Waals surface area contributed by atoms with Gasteiger partial charge in [0, 0.05) is 6.04 Å². The molecule has 0 aromatic heterocycles. The minimum atomic E-state index is -1.27. The Morgan fingerprint density at radius 3 is 2.47 bits per heavy atom. The lowest BCUT2D eigenvalue weighted by molar-refractivity contribution is -0.147. The fraction of sp³-hybridized carbons (Fsp3) is 0.700. The summed E-state index contributed by atoms with van der Waals surface area (Å²) in [6.45, 7) is 1.98. The van der Waals surface area contributed by atoms with Crippen LogP contribution in [-0.4, -0.2) is 42.3 Å². The van der Waals surface area contributed by atoms with Crippen molar-refractivity contribution in [2.24, 2.45) is 5.92 Å². The molecular weight excluding hydrogens is 228 g/mol. The number of rotatable bonds is 5. The van der Waals surface area contributed by atoms with Crippen molar-refractivity contribution in [3.63, 3.8) is 0 Å². The summed E-state index contributed by atoms with van der Waals surface area (Å²) in [7, 11) is 1.16. The first-order valence-corrected chi connectivity index (χ1v) is 5.30. The highest BCUT2D eigenvalue weighted by molar-refractivity contribution is 5.86. The van der Waals surface area contributed by atoms with Crippen LogP contribution in [0.5, 0.6) is 0 Å². The third kappa shape index (κ3) is 4.29. The first-order valence-electron chi connectivity index (χ1n) is 5.30. The van der Waals surface area contributed by atoms with E-state index in [0.29, 0.717) is 5.92 Å². The summed E-state index contributed by atoms with van der Waals surface area (Å²) in [5, 5.41) is 13.7. The lowest BCUT2D eigenvalue weighted by atomic mass is 10.2. The molecule has 0 aliphatic heterocycles. The molecule has 0 spiro atoms. The molecule has 96 valence electrons. The topological polar surface area (TPSA) is 105 Å². The molecule has 17 heavy (non-hydrogen) atoms. The summed E-state index contributed by atoms with van der Waals surface area (Å²) in [5.41, 5.74) is 0. The van der Waals surface area contributed by atoms with Crippen LogP contribution in [0.2, 0.25) is 0 Å². The Labute approximate surface area is 98.5 Å². The van der Waals surface area contributed by atoms with Gasteiger partial charge < -0.3 is 20.5 Å². The molecule has 3 N–H and O–H groups in total. The van der Waals surface area contributed by atoms with E-state index in [0.717, 1.165) is 13.5 Å². The Balaban J connectivity index is 2.40. The van der Waals surface area contributed by atoms with E-state index in [1.54, 1.807) is 0 Å². The number of hydrogen-bond donors (Lipinski definition) is 3. The van der Waals surface area contributed by atoms with E-state index in [4.69, 9.17) is 5.11 Å². The zero-order valence-corrected chi connectivity index (χ0v) is 9.73. The molecule has 0 aromatic carbocycles. The number of methoxy groups -OCH3 is 1. The largest absolute Gasteiger partial charge is 0.480 e. The van der Waals surface area contributed by atoms with Crippen LogP contribution in [0.1, 0.15) is 19.8 Å². The van der Waals surface area contributed by atoms with Crippen molar-refractivity contribution < 1.29 is 24.2 Å². The molecule has 0 aromatic rings. The lowest BCUT2D eigenvalue weighted by Crippen LogP contribution is -2.47. The van der Waals surface area contributed by atoms with Crippen LogP contribution in [-0.2, 0) is 14.3 Å². The van der Waals surface area contributed by atoms with Crippen molar-refractivity contribution in [3.8, 4) is 0 Å². The van der Waals surface area contributed by atoms with Gasteiger partial charge in [0.1, 0.15) is 6.04 Å². The number of carboxylic acids is 1. The SMILES string of the molecule is COC(=O)C[C@H](NC(=O)NC1CC1C)C(=O)O. The number of ether oxygens (including phenoxy) is 1. The zero-order valence-electron chi connectivity index (χ0n) is 9.73. The number of carbonyl (C=O) groups excluding carboxylic acids is 2. The maximum atomic E-state index is 11.4. The van der Waals surface area contributed by atoms with E-state index in [2.05, 4.69) is 15.4 Å². The molecule has 2 amide bonds. The second kappa shape index (κ2) is 5.51. The fourth-order valence-electron chi connectivity index (χ4n) is 1.34. The second-order valence-corrected chi connectivity index (χ2v) is 4.11. The van der Waals surface area contributed by atoms with Gasteiger partial charge in [-0.25, -0.2) is 9.59 Å². The number of nitrogens with one attached hydrogen (secondary N) is 2. The summed E-state index contributed by atoms with van der Waals surface area (Å²) in [4.78, 5) is 33.1. The number of urea groups is 1. The van der Waals surface area contributed by atoms with Crippen molar-refractivity contribution in [3.05, 3.63) is 0 Å². The Morgan fingerprint density at radius 1 is 1.47 bits per heavy atom. The molecule has 7 heteroatoms. The minimum absolute atomic E-state index is 0.0996. The van der Waals surface area contributed by atoms with E-state index < -0.39 is 24.0 Å². The van der Waals surface area contributed by atoms with Gasteiger partial charge in [0.25, 0.3) is 0 Å². The summed E-state index contributed by atoms with van der Waals surface area (Å²) in [6.07, 6.45) is 0.502. The highest BCUT2D eigenvalue weighted by Gasteiger charge is 2.34. The van der Waals surface area contributed by atoms with Gasteiger partial charge in [-0.2, -0.15) is 0 Å². The summed E-state index contributed by atoms with van der Waals surface area (Å²) in [6, 6.07) is -1.74. The van der Waals surface area contributed by atoms with Gasteiger partial charge in [0.15, 0.2) is 0 Å². The number of carbonyl (C=O) groups is 3. The predicted molar refractivity (Wildman–Crippen MR) is 57.3 cm³/mol. The van der Waals surface area contributed by atoms with E-state index in [1.165, 1.54) is 0 Å². The Morgan fingerprint density at radius 2 is 2.06 bits per heavy atom. The molecule has 0 saturated heterocycles. The molecule has 2 unspecified atom stereocenters. The zero-order chi connectivity index (χ0) is 13.0. The highest BCUT2D eigenvalue weighted by atomic mass is 16.5. The summed E-state index contributed by atoms with van der Waals surface area (Å²) >= 11 is 0. The third-order valence-electron chi connectivity index (χ3n) is 2.63. The van der Waals surface area contributed by atoms with Gasteiger partial charge >= 0.3 is 18.0 Å². The number of amides is 2. The van der Waals surface area contributed by atoms with Crippen molar-refractivity contribution in [2.75, 3.05) is 7.11 Å². The standard InChI is InChI=1S/C10H16N2O5/c1-5-3-6(5)11-10(16)12-7(9(14)15)4-8(13)17-2/h5-7H,3-4H2,1-2H3,(H,14,15)(H2,11,12,16)/t5?,6?,7-/m0/s1. The molecule has 1 aliphatic rings. The van der Waals surface area contributed by atoms with Crippen molar-refractivity contribution in [2.45, 2.75) is 31.8 Å². The van der Waals surface area contributed by atoms with Gasteiger partial charge in [-0.1, -0.05) is 6.92 Å². The molecule has 1 fully saturated rings. The minimum Gasteiger partial charge on any atom is -0.480 e. The summed E-state index contributed by atoms with van der Waals surface area (Å²) in [5.74, 6) is -1.53. The maximum absolute atomic E-state index is 11.4. The van der Waals surface area contributed by atoms with E-state index in [-0.39, 0.29) is 12.5 Å². The number of hydrogen-bond acceptors (Lipinski definition) is 4. The third-order valence-corrected chi connectivity index (χ3v) is 2.63. The van der Waals surface area contributed by atoms with Crippen molar-refractivity contribution in [1.29, 1.82) is 0 Å². The summed E-state index contributed by atoms with van der Waals surface area (Å²) < 4.78 is 4.35. The second-order valence-electron chi connectivity index (χ2n) is 4.11. The maximum Gasteiger partial charge on any atom is 0.326 e. The van der Waals surface area contributed by atoms with Crippen LogP contribution in [0.25, 0.3) is 0 Å². The molecule has 3 atom stereocenters. The molecule has 0 radical (unpaired) electrons. The van der Waals surface area contributed by atoms with Crippen molar-refractivity contribution in [1.82, 2.24) is 10.6 Å². The van der Waals surface area contributed by atoms with Crippen LogP contribution in [0.4, 0.5) is 4.79 Å². The predicted octanol–water partition coefficient (Wildman–Crippen LogP) is -0.290. The Hall–Kier alpha value is -1.79. The van der Waals surface area contributed by atoms with Gasteiger partial charge in [-0.05, 0) is 12.3 Å². The van der Waals surface area contributed by atoms with E-state index >= 15 is 0 Å².